The van der Waals surface area contributed by atoms with Crippen molar-refractivity contribution in [3.8, 4) is 0 Å². The molecule has 1 aliphatic carbocycles. The summed E-state index contributed by atoms with van der Waals surface area (Å²) in [4.78, 5) is 22.8. The molecule has 4 heteroatoms. The molecule has 0 spiro atoms. The van der Waals surface area contributed by atoms with E-state index in [1.165, 1.54) is 4.90 Å². The van der Waals surface area contributed by atoms with Crippen molar-refractivity contribution >= 4 is 11.9 Å². The summed E-state index contributed by atoms with van der Waals surface area (Å²) in [7, 11) is 0. The van der Waals surface area contributed by atoms with Crippen LogP contribution in [0.15, 0.2) is 0 Å². The number of hydrogen-bond donors (Lipinski definition) is 1. The minimum atomic E-state index is -0.857. The number of fused-ring (bicyclic) bond motifs is 1. The van der Waals surface area contributed by atoms with Crippen LogP contribution >= 0.6 is 0 Å². The standard InChI is InChI=1S/C8H11NO3/c1-4(10)7-5-2-9(8(11)12)3-6(5)7/h5-7H,2-3H2,1H3,(H,11,12)/t5-,6+,7+. The van der Waals surface area contributed by atoms with Crippen LogP contribution in [0.3, 0.4) is 0 Å². The highest BCUT2D eigenvalue weighted by Gasteiger charge is 2.58. The van der Waals surface area contributed by atoms with Gasteiger partial charge in [0.05, 0.1) is 0 Å². The lowest BCUT2D eigenvalue weighted by molar-refractivity contribution is -0.119. The van der Waals surface area contributed by atoms with Crippen LogP contribution in [-0.2, 0) is 4.79 Å². The van der Waals surface area contributed by atoms with E-state index in [4.69, 9.17) is 5.11 Å². The van der Waals surface area contributed by atoms with E-state index in [1.54, 1.807) is 6.92 Å². The fraction of sp³-hybridized carbons (Fsp3) is 0.750. The summed E-state index contributed by atoms with van der Waals surface area (Å²) < 4.78 is 0. The van der Waals surface area contributed by atoms with Crippen molar-refractivity contribution in [3.63, 3.8) is 0 Å². The van der Waals surface area contributed by atoms with E-state index in [0.29, 0.717) is 24.9 Å². The molecule has 2 rings (SSSR count). The molecule has 0 aromatic carbocycles. The Kier molecular flexibility index (Phi) is 1.40. The highest BCUT2D eigenvalue weighted by Crippen LogP contribution is 2.51. The van der Waals surface area contributed by atoms with Gasteiger partial charge in [-0.2, -0.15) is 0 Å². The molecular formula is C8H11NO3. The molecule has 3 atom stereocenters. The minimum Gasteiger partial charge on any atom is -0.465 e. The second-order valence-electron chi connectivity index (χ2n) is 3.65. The third-order valence-electron chi connectivity index (χ3n) is 2.93. The molecule has 1 aliphatic heterocycles. The summed E-state index contributed by atoms with van der Waals surface area (Å²) in [5, 5.41) is 8.62. The molecule has 66 valence electrons. The molecule has 0 bridgehead atoms. The molecule has 0 unspecified atom stereocenters. The Bertz CT molecular complexity index is 227. The lowest BCUT2D eigenvalue weighted by atomic mass is 10.2. The first-order valence-corrected chi connectivity index (χ1v) is 4.09. The van der Waals surface area contributed by atoms with Crippen LogP contribution in [0.25, 0.3) is 0 Å². The van der Waals surface area contributed by atoms with Gasteiger partial charge in [-0.3, -0.25) is 4.79 Å². The molecule has 1 heterocycles. The largest absolute Gasteiger partial charge is 0.465 e. The SMILES string of the molecule is CC(=O)[C@H]1[C@@H]2CN(C(=O)O)C[C@@H]21. The number of Topliss-reactive ketones (excluding diaryl/α,β-unsaturated/α-hetero) is 1. The van der Waals surface area contributed by atoms with E-state index in [-0.39, 0.29) is 11.7 Å². The number of amides is 1. The van der Waals surface area contributed by atoms with Gasteiger partial charge in [0, 0.05) is 19.0 Å². The Balaban J connectivity index is 1.94. The number of piperidine rings is 1. The minimum absolute atomic E-state index is 0.167. The van der Waals surface area contributed by atoms with Crippen molar-refractivity contribution in [2.24, 2.45) is 17.8 Å². The number of likely N-dealkylation sites (tertiary alicyclic amines) is 1. The Morgan fingerprint density at radius 1 is 1.33 bits per heavy atom. The molecule has 1 saturated heterocycles. The van der Waals surface area contributed by atoms with Gasteiger partial charge in [-0.25, -0.2) is 4.79 Å². The van der Waals surface area contributed by atoms with Gasteiger partial charge in [0.1, 0.15) is 5.78 Å². The van der Waals surface area contributed by atoms with E-state index < -0.39 is 6.09 Å². The van der Waals surface area contributed by atoms with Gasteiger partial charge in [-0.15, -0.1) is 0 Å². The van der Waals surface area contributed by atoms with E-state index >= 15 is 0 Å². The predicted molar refractivity (Wildman–Crippen MR) is 40.7 cm³/mol. The number of carbonyl (C=O) groups excluding carboxylic acids is 1. The second-order valence-corrected chi connectivity index (χ2v) is 3.65. The molecule has 0 radical (unpaired) electrons. The molecule has 1 saturated carbocycles. The number of ketones is 1. The topological polar surface area (TPSA) is 57.6 Å². The van der Waals surface area contributed by atoms with Crippen LogP contribution in [0.4, 0.5) is 4.79 Å². The Labute approximate surface area is 70.2 Å². The lowest BCUT2D eigenvalue weighted by Crippen LogP contribution is -2.30. The van der Waals surface area contributed by atoms with Gasteiger partial charge >= 0.3 is 6.09 Å². The van der Waals surface area contributed by atoms with E-state index in [9.17, 15) is 9.59 Å². The first kappa shape index (κ1) is 7.58. The van der Waals surface area contributed by atoms with Crippen molar-refractivity contribution < 1.29 is 14.7 Å². The molecule has 0 aromatic heterocycles. The highest BCUT2D eigenvalue weighted by molar-refractivity contribution is 5.82. The van der Waals surface area contributed by atoms with Crippen LogP contribution in [-0.4, -0.2) is 35.0 Å². The maximum Gasteiger partial charge on any atom is 0.407 e. The summed E-state index contributed by atoms with van der Waals surface area (Å²) in [6, 6.07) is 0. The van der Waals surface area contributed by atoms with Crippen molar-refractivity contribution in [2.45, 2.75) is 6.92 Å². The number of nitrogens with zero attached hydrogens (tertiary/aromatic N) is 1. The van der Waals surface area contributed by atoms with E-state index in [2.05, 4.69) is 0 Å². The molecule has 12 heavy (non-hydrogen) atoms. The summed E-state index contributed by atoms with van der Waals surface area (Å²) >= 11 is 0. The van der Waals surface area contributed by atoms with Gasteiger partial charge in [0.25, 0.3) is 0 Å². The zero-order valence-electron chi connectivity index (χ0n) is 6.86. The van der Waals surface area contributed by atoms with Crippen LogP contribution in [0.2, 0.25) is 0 Å². The van der Waals surface area contributed by atoms with Crippen molar-refractivity contribution in [2.75, 3.05) is 13.1 Å². The average molecular weight is 169 g/mol. The smallest absolute Gasteiger partial charge is 0.407 e. The van der Waals surface area contributed by atoms with Crippen molar-refractivity contribution in [3.05, 3.63) is 0 Å². The number of carbonyl (C=O) groups is 2. The van der Waals surface area contributed by atoms with Crippen LogP contribution < -0.4 is 0 Å². The Morgan fingerprint density at radius 2 is 1.83 bits per heavy atom. The molecule has 4 nitrogen and oxygen atoms in total. The fourth-order valence-corrected chi connectivity index (χ4v) is 2.29. The fourth-order valence-electron chi connectivity index (χ4n) is 2.29. The van der Waals surface area contributed by atoms with E-state index in [0.717, 1.165) is 0 Å². The van der Waals surface area contributed by atoms with Crippen LogP contribution in [0, 0.1) is 17.8 Å². The summed E-state index contributed by atoms with van der Waals surface area (Å²) in [6.45, 7) is 2.71. The number of hydrogen-bond acceptors (Lipinski definition) is 2. The maximum absolute atomic E-state index is 10.9. The quantitative estimate of drug-likeness (QED) is 0.619. The summed E-state index contributed by atoms with van der Waals surface area (Å²) in [6.07, 6.45) is -0.857. The zero-order valence-corrected chi connectivity index (χ0v) is 6.86. The monoisotopic (exact) mass is 169 g/mol. The average Bonchev–Trinajstić information content (AvgIpc) is 2.48. The van der Waals surface area contributed by atoms with Crippen LogP contribution in [0.5, 0.6) is 0 Å². The molecule has 1 amide bonds. The first-order valence-electron chi connectivity index (χ1n) is 4.09. The lowest BCUT2D eigenvalue weighted by Gasteiger charge is -2.14. The molecule has 1 N–H and O–H groups in total. The molecular weight excluding hydrogens is 158 g/mol. The summed E-state index contributed by atoms with van der Waals surface area (Å²) in [5.74, 6) is 1.05. The Morgan fingerprint density at radius 3 is 2.17 bits per heavy atom. The summed E-state index contributed by atoms with van der Waals surface area (Å²) in [5.41, 5.74) is 0. The van der Waals surface area contributed by atoms with Gasteiger partial charge in [0.2, 0.25) is 0 Å². The third-order valence-corrected chi connectivity index (χ3v) is 2.93. The highest BCUT2D eigenvalue weighted by atomic mass is 16.4. The molecule has 2 aliphatic rings. The van der Waals surface area contributed by atoms with Crippen molar-refractivity contribution in [1.29, 1.82) is 0 Å². The third kappa shape index (κ3) is 0.906. The predicted octanol–water partition coefficient (Wildman–Crippen LogP) is 0.431. The second kappa shape index (κ2) is 2.21. The molecule has 2 fully saturated rings. The first-order chi connectivity index (χ1) is 5.61. The van der Waals surface area contributed by atoms with Gasteiger partial charge < -0.3 is 10.0 Å². The maximum atomic E-state index is 10.9. The normalized spacial score (nSPS) is 37.8. The van der Waals surface area contributed by atoms with E-state index in [1.807, 2.05) is 0 Å². The Hall–Kier alpha value is -1.06. The van der Waals surface area contributed by atoms with Gasteiger partial charge in [-0.1, -0.05) is 0 Å². The number of carboxylic acid groups (broad SMARTS) is 1. The van der Waals surface area contributed by atoms with Gasteiger partial charge in [-0.05, 0) is 18.8 Å². The van der Waals surface area contributed by atoms with Gasteiger partial charge in [0.15, 0.2) is 0 Å². The molecule has 0 aromatic rings. The number of rotatable bonds is 1. The van der Waals surface area contributed by atoms with Crippen molar-refractivity contribution in [1.82, 2.24) is 4.90 Å². The zero-order chi connectivity index (χ0) is 8.88. The van der Waals surface area contributed by atoms with Crippen LogP contribution in [0.1, 0.15) is 6.92 Å².